The number of aromatic nitrogens is 2. The van der Waals surface area contributed by atoms with Crippen LogP contribution in [-0.2, 0) is 19.8 Å². The largest absolute Gasteiger partial charge is 0.497 e. The smallest absolute Gasteiger partial charge is 0.416 e. The van der Waals surface area contributed by atoms with Crippen molar-refractivity contribution in [1.29, 1.82) is 0 Å². The number of rotatable bonds is 3. The molecule has 0 saturated carbocycles. The summed E-state index contributed by atoms with van der Waals surface area (Å²) in [6.45, 7) is 0.259. The maximum Gasteiger partial charge on any atom is 0.416 e. The predicted octanol–water partition coefficient (Wildman–Crippen LogP) is 3.42. The van der Waals surface area contributed by atoms with Gasteiger partial charge in [0, 0.05) is 7.05 Å². The fourth-order valence-corrected chi connectivity index (χ4v) is 2.65. The second-order valence-corrected chi connectivity index (χ2v) is 5.46. The van der Waals surface area contributed by atoms with Gasteiger partial charge in [0.25, 0.3) is 5.56 Å². The first kappa shape index (κ1) is 16.2. The summed E-state index contributed by atoms with van der Waals surface area (Å²) in [7, 11) is 3.21. The normalized spacial score (nSPS) is 11.9. The number of hydrogen-bond donors (Lipinski definition) is 0. The topological polar surface area (TPSA) is 36.2 Å². The van der Waals surface area contributed by atoms with Crippen molar-refractivity contribution >= 4 is 10.9 Å². The average Bonchev–Trinajstić information content (AvgIpc) is 2.79. The number of fused-ring (bicyclic) bond motifs is 1. The number of alkyl halides is 3. The Morgan fingerprint density at radius 3 is 2.33 bits per heavy atom. The molecule has 126 valence electrons. The highest BCUT2D eigenvalue weighted by atomic mass is 19.4. The van der Waals surface area contributed by atoms with E-state index in [0.717, 1.165) is 17.7 Å². The van der Waals surface area contributed by atoms with E-state index in [0.29, 0.717) is 11.3 Å². The molecule has 0 aliphatic heterocycles. The summed E-state index contributed by atoms with van der Waals surface area (Å²) in [5.41, 5.74) is 0.0325. The number of benzene rings is 2. The summed E-state index contributed by atoms with van der Waals surface area (Å²) in [5, 5.41) is 0.0563. The summed E-state index contributed by atoms with van der Waals surface area (Å²) in [6, 6.07) is 10.4. The van der Waals surface area contributed by atoms with E-state index in [1.807, 2.05) is 12.1 Å². The van der Waals surface area contributed by atoms with Crippen molar-refractivity contribution in [1.82, 2.24) is 9.36 Å². The Bertz CT molecular complexity index is 937. The van der Waals surface area contributed by atoms with Crippen molar-refractivity contribution in [3.63, 3.8) is 0 Å². The zero-order valence-electron chi connectivity index (χ0n) is 13.1. The van der Waals surface area contributed by atoms with Gasteiger partial charge in [-0.15, -0.1) is 0 Å². The minimum Gasteiger partial charge on any atom is -0.497 e. The Balaban J connectivity index is 2.06. The third kappa shape index (κ3) is 2.77. The molecule has 4 nitrogen and oxygen atoms in total. The molecular weight excluding hydrogens is 321 g/mol. The summed E-state index contributed by atoms with van der Waals surface area (Å²) < 4.78 is 46.6. The maximum atomic E-state index is 12.8. The molecule has 2 aromatic carbocycles. The van der Waals surface area contributed by atoms with Gasteiger partial charge >= 0.3 is 6.18 Å². The van der Waals surface area contributed by atoms with Crippen molar-refractivity contribution in [3.05, 3.63) is 63.9 Å². The molecule has 1 aromatic heterocycles. The van der Waals surface area contributed by atoms with Gasteiger partial charge in [-0.2, -0.15) is 13.2 Å². The molecule has 7 heteroatoms. The number of nitrogens with zero attached hydrogens (tertiary/aromatic N) is 2. The van der Waals surface area contributed by atoms with E-state index in [1.165, 1.54) is 10.7 Å². The van der Waals surface area contributed by atoms with E-state index in [4.69, 9.17) is 4.74 Å². The van der Waals surface area contributed by atoms with Crippen LogP contribution < -0.4 is 10.3 Å². The average molecular weight is 336 g/mol. The lowest BCUT2D eigenvalue weighted by Crippen LogP contribution is -2.22. The quantitative estimate of drug-likeness (QED) is 0.735. The van der Waals surface area contributed by atoms with Crippen LogP contribution in [0.25, 0.3) is 10.9 Å². The molecule has 0 unspecified atom stereocenters. The highest BCUT2D eigenvalue weighted by molar-refractivity contribution is 5.79. The Labute approximate surface area is 135 Å². The van der Waals surface area contributed by atoms with E-state index in [1.54, 1.807) is 31.0 Å². The molecule has 0 bridgehead atoms. The van der Waals surface area contributed by atoms with Crippen LogP contribution in [0.1, 0.15) is 11.1 Å². The molecule has 0 fully saturated rings. The summed E-state index contributed by atoms with van der Waals surface area (Å²) in [4.78, 5) is 12.5. The molecule has 0 amide bonds. The Morgan fingerprint density at radius 1 is 1.08 bits per heavy atom. The molecule has 0 spiro atoms. The van der Waals surface area contributed by atoms with Gasteiger partial charge in [-0.25, -0.2) is 4.68 Å². The van der Waals surface area contributed by atoms with Crippen LogP contribution in [0.5, 0.6) is 5.75 Å². The number of ether oxygens (including phenoxy) is 1. The zero-order valence-corrected chi connectivity index (χ0v) is 13.1. The van der Waals surface area contributed by atoms with Crippen LogP contribution in [0.15, 0.2) is 47.3 Å². The molecule has 24 heavy (non-hydrogen) atoms. The van der Waals surface area contributed by atoms with Gasteiger partial charge in [0.15, 0.2) is 0 Å². The minimum absolute atomic E-state index is 0.0563. The van der Waals surface area contributed by atoms with Crippen LogP contribution in [0.4, 0.5) is 13.2 Å². The zero-order chi connectivity index (χ0) is 17.5. The van der Waals surface area contributed by atoms with E-state index in [9.17, 15) is 18.0 Å². The van der Waals surface area contributed by atoms with E-state index < -0.39 is 17.3 Å². The van der Waals surface area contributed by atoms with Gasteiger partial charge in [0.05, 0.1) is 30.1 Å². The van der Waals surface area contributed by atoms with E-state index in [2.05, 4.69) is 0 Å². The van der Waals surface area contributed by atoms with Gasteiger partial charge in [-0.1, -0.05) is 12.1 Å². The first-order chi connectivity index (χ1) is 11.3. The lowest BCUT2D eigenvalue weighted by molar-refractivity contribution is -0.137. The van der Waals surface area contributed by atoms with Gasteiger partial charge in [-0.05, 0) is 35.9 Å². The van der Waals surface area contributed by atoms with Crippen molar-refractivity contribution in [2.45, 2.75) is 12.7 Å². The third-order valence-corrected chi connectivity index (χ3v) is 3.99. The maximum absolute atomic E-state index is 12.8. The second kappa shape index (κ2) is 5.74. The van der Waals surface area contributed by atoms with Crippen LogP contribution in [-0.4, -0.2) is 16.5 Å². The highest BCUT2D eigenvalue weighted by Crippen LogP contribution is 2.30. The molecule has 0 aliphatic carbocycles. The Hall–Kier alpha value is -2.70. The molecule has 0 atom stereocenters. The molecule has 1 heterocycles. The van der Waals surface area contributed by atoms with Crippen molar-refractivity contribution < 1.29 is 17.9 Å². The minimum atomic E-state index is -4.47. The summed E-state index contributed by atoms with van der Waals surface area (Å²) in [5.74, 6) is 0.693. The number of halogens is 3. The molecule has 0 saturated heterocycles. The van der Waals surface area contributed by atoms with Gasteiger partial charge < -0.3 is 4.74 Å². The first-order valence-corrected chi connectivity index (χ1v) is 7.21. The van der Waals surface area contributed by atoms with Crippen LogP contribution in [0.3, 0.4) is 0 Å². The fourth-order valence-electron chi connectivity index (χ4n) is 2.65. The monoisotopic (exact) mass is 336 g/mol. The number of aryl methyl sites for hydroxylation is 1. The summed E-state index contributed by atoms with van der Waals surface area (Å²) >= 11 is 0. The Morgan fingerprint density at radius 2 is 1.75 bits per heavy atom. The highest BCUT2D eigenvalue weighted by Gasteiger charge is 2.31. The lowest BCUT2D eigenvalue weighted by atomic mass is 10.1. The van der Waals surface area contributed by atoms with Gasteiger partial charge in [0.2, 0.25) is 0 Å². The lowest BCUT2D eigenvalue weighted by Gasteiger charge is -2.09. The Kier molecular flexibility index (Phi) is 3.87. The van der Waals surface area contributed by atoms with Crippen molar-refractivity contribution in [3.8, 4) is 5.75 Å². The summed E-state index contributed by atoms with van der Waals surface area (Å²) in [6.07, 6.45) is -4.47. The van der Waals surface area contributed by atoms with Crippen LogP contribution in [0, 0.1) is 0 Å². The predicted molar refractivity (Wildman–Crippen MR) is 84.3 cm³/mol. The SMILES string of the molecule is COc1ccc(Cn2c(=O)c3cc(C(F)(F)F)ccc3n2C)cc1. The number of methoxy groups -OCH3 is 1. The second-order valence-electron chi connectivity index (χ2n) is 5.46. The molecular formula is C17H15F3N2O2. The molecule has 3 rings (SSSR count). The van der Waals surface area contributed by atoms with Crippen LogP contribution in [0.2, 0.25) is 0 Å². The van der Waals surface area contributed by atoms with Crippen molar-refractivity contribution in [2.24, 2.45) is 7.05 Å². The van der Waals surface area contributed by atoms with Crippen LogP contribution >= 0.6 is 0 Å². The third-order valence-electron chi connectivity index (χ3n) is 3.99. The molecule has 0 aliphatic rings. The van der Waals surface area contributed by atoms with Gasteiger partial charge in [0.1, 0.15) is 5.75 Å². The molecule has 0 N–H and O–H groups in total. The van der Waals surface area contributed by atoms with E-state index in [-0.39, 0.29) is 11.9 Å². The molecule has 3 aromatic rings. The van der Waals surface area contributed by atoms with Crippen molar-refractivity contribution in [2.75, 3.05) is 7.11 Å². The molecule has 0 radical (unpaired) electrons. The first-order valence-electron chi connectivity index (χ1n) is 7.21. The van der Waals surface area contributed by atoms with E-state index >= 15 is 0 Å². The van der Waals surface area contributed by atoms with Gasteiger partial charge in [-0.3, -0.25) is 9.48 Å². The number of hydrogen-bond acceptors (Lipinski definition) is 2. The fraction of sp³-hybridized carbons (Fsp3) is 0.235. The standard InChI is InChI=1S/C17H15F3N2O2/c1-21-15-8-5-12(17(18,19)20)9-14(15)16(23)22(21)10-11-3-6-13(24-2)7-4-11/h3-9H,10H2,1-2H3.